The fourth-order valence-electron chi connectivity index (χ4n) is 1.76. The molecule has 0 radical (unpaired) electrons. The summed E-state index contributed by atoms with van der Waals surface area (Å²) in [7, 11) is 0. The Balaban J connectivity index is 2.05. The average Bonchev–Trinajstić information content (AvgIpc) is 2.34. The molecular weight excluding hydrogens is 226 g/mol. The van der Waals surface area contributed by atoms with Gasteiger partial charge in [0.1, 0.15) is 0 Å². The molecule has 2 atom stereocenters. The molecule has 1 fully saturated rings. The fourth-order valence-corrected chi connectivity index (χ4v) is 1.87. The van der Waals surface area contributed by atoms with E-state index in [1.165, 1.54) is 6.42 Å². The number of rotatable bonds is 6. The van der Waals surface area contributed by atoms with E-state index in [1.807, 2.05) is 6.92 Å². The Morgan fingerprint density at radius 3 is 3.00 bits per heavy atom. The third kappa shape index (κ3) is 5.71. The van der Waals surface area contributed by atoms with Gasteiger partial charge in [-0.05, 0) is 31.6 Å². The van der Waals surface area contributed by atoms with Crippen molar-refractivity contribution in [3.63, 3.8) is 0 Å². The van der Waals surface area contributed by atoms with E-state index in [0.29, 0.717) is 30.9 Å². The van der Waals surface area contributed by atoms with E-state index in [2.05, 4.69) is 5.32 Å². The molecule has 2 unspecified atom stereocenters. The van der Waals surface area contributed by atoms with Gasteiger partial charge in [0.15, 0.2) is 0 Å². The fraction of sp³-hybridized carbons (Fsp3) is 0.917. The molecular formula is C12H22ClNO2. The molecule has 0 aromatic carbocycles. The van der Waals surface area contributed by atoms with Crippen LogP contribution in [0.5, 0.6) is 0 Å². The quantitative estimate of drug-likeness (QED) is 0.732. The van der Waals surface area contributed by atoms with Crippen molar-refractivity contribution in [2.45, 2.75) is 45.1 Å². The Bertz CT molecular complexity index is 205. The first-order valence-corrected chi connectivity index (χ1v) is 6.70. The molecule has 1 N–H and O–H groups in total. The van der Waals surface area contributed by atoms with Gasteiger partial charge in [-0.2, -0.15) is 0 Å². The van der Waals surface area contributed by atoms with Crippen molar-refractivity contribution in [3.05, 3.63) is 0 Å². The number of hydrogen-bond donors (Lipinski definition) is 1. The highest BCUT2D eigenvalue weighted by atomic mass is 35.5. The van der Waals surface area contributed by atoms with Crippen LogP contribution in [0, 0.1) is 5.92 Å². The van der Waals surface area contributed by atoms with Crippen LogP contribution < -0.4 is 5.32 Å². The lowest BCUT2D eigenvalue weighted by Gasteiger charge is -2.22. The van der Waals surface area contributed by atoms with Gasteiger partial charge in [-0.25, -0.2) is 0 Å². The van der Waals surface area contributed by atoms with Crippen LogP contribution in [0.25, 0.3) is 0 Å². The molecule has 0 aromatic rings. The average molecular weight is 248 g/mol. The molecule has 0 aromatic heterocycles. The lowest BCUT2D eigenvalue weighted by molar-refractivity contribution is -0.122. The molecule has 0 spiro atoms. The number of amides is 1. The van der Waals surface area contributed by atoms with Gasteiger partial charge in [0, 0.05) is 25.5 Å². The lowest BCUT2D eigenvalue weighted by atomic mass is 10.0. The normalized spacial score (nSPS) is 22.8. The molecule has 4 heteroatoms. The molecule has 1 heterocycles. The smallest absolute Gasteiger partial charge is 0.220 e. The number of ether oxygens (including phenoxy) is 1. The van der Waals surface area contributed by atoms with Crippen LogP contribution >= 0.6 is 11.6 Å². The largest absolute Gasteiger partial charge is 0.378 e. The molecule has 1 aliphatic rings. The monoisotopic (exact) mass is 247 g/mol. The highest BCUT2D eigenvalue weighted by molar-refractivity contribution is 6.18. The van der Waals surface area contributed by atoms with Crippen LogP contribution in [0.4, 0.5) is 0 Å². The van der Waals surface area contributed by atoms with Crippen molar-refractivity contribution >= 4 is 17.5 Å². The van der Waals surface area contributed by atoms with Crippen LogP contribution in [0.3, 0.4) is 0 Å². The second kappa shape index (κ2) is 7.91. The van der Waals surface area contributed by atoms with Crippen molar-refractivity contribution < 1.29 is 9.53 Å². The summed E-state index contributed by atoms with van der Waals surface area (Å²) in [5.41, 5.74) is 0. The zero-order valence-corrected chi connectivity index (χ0v) is 10.8. The van der Waals surface area contributed by atoms with Crippen molar-refractivity contribution in [2.24, 2.45) is 5.92 Å². The molecule has 94 valence electrons. The number of carbonyl (C=O) groups excluding carboxylic acids is 1. The summed E-state index contributed by atoms with van der Waals surface area (Å²) in [6.45, 7) is 3.56. The van der Waals surface area contributed by atoms with Gasteiger partial charge < -0.3 is 10.1 Å². The van der Waals surface area contributed by atoms with Gasteiger partial charge in [0.2, 0.25) is 5.91 Å². The summed E-state index contributed by atoms with van der Waals surface area (Å²) in [4.78, 5) is 11.5. The summed E-state index contributed by atoms with van der Waals surface area (Å²) in [5, 5.41) is 2.89. The van der Waals surface area contributed by atoms with E-state index in [0.717, 1.165) is 25.9 Å². The summed E-state index contributed by atoms with van der Waals surface area (Å²) < 4.78 is 5.57. The minimum atomic E-state index is 0.117. The Labute approximate surface area is 103 Å². The Morgan fingerprint density at radius 1 is 1.56 bits per heavy atom. The zero-order chi connectivity index (χ0) is 11.8. The predicted molar refractivity (Wildman–Crippen MR) is 65.7 cm³/mol. The Kier molecular flexibility index (Phi) is 6.81. The third-order valence-corrected chi connectivity index (χ3v) is 3.41. The van der Waals surface area contributed by atoms with Gasteiger partial charge in [0.25, 0.3) is 0 Å². The van der Waals surface area contributed by atoms with Crippen molar-refractivity contribution in [2.75, 3.05) is 19.0 Å². The van der Waals surface area contributed by atoms with Crippen molar-refractivity contribution in [1.82, 2.24) is 5.32 Å². The minimum absolute atomic E-state index is 0.117. The summed E-state index contributed by atoms with van der Waals surface area (Å²) in [6, 6.07) is 0. The second-order valence-electron chi connectivity index (χ2n) is 4.59. The van der Waals surface area contributed by atoms with E-state index < -0.39 is 0 Å². The van der Waals surface area contributed by atoms with E-state index in [-0.39, 0.29) is 5.91 Å². The van der Waals surface area contributed by atoms with E-state index in [1.54, 1.807) is 0 Å². The third-order valence-electron chi connectivity index (χ3n) is 2.88. The molecule has 16 heavy (non-hydrogen) atoms. The number of nitrogens with one attached hydrogen (secondary N) is 1. The molecule has 1 rings (SSSR count). The maximum atomic E-state index is 11.5. The molecule has 0 saturated carbocycles. The van der Waals surface area contributed by atoms with Gasteiger partial charge in [0.05, 0.1) is 6.10 Å². The lowest BCUT2D eigenvalue weighted by Crippen LogP contribution is -2.30. The second-order valence-corrected chi connectivity index (χ2v) is 4.90. The number of alkyl halides is 1. The molecule has 1 amide bonds. The predicted octanol–water partition coefficient (Wildman–Crippen LogP) is 2.33. The molecule has 0 bridgehead atoms. The maximum absolute atomic E-state index is 11.5. The summed E-state index contributed by atoms with van der Waals surface area (Å²) in [5.74, 6) is 1.05. The molecule has 3 nitrogen and oxygen atoms in total. The van der Waals surface area contributed by atoms with Crippen LogP contribution in [0.1, 0.15) is 39.0 Å². The first-order chi connectivity index (χ1) is 7.72. The molecule has 1 aliphatic heterocycles. The minimum Gasteiger partial charge on any atom is -0.378 e. The first kappa shape index (κ1) is 13.8. The summed E-state index contributed by atoms with van der Waals surface area (Å²) >= 11 is 5.66. The zero-order valence-electron chi connectivity index (χ0n) is 10.0. The highest BCUT2D eigenvalue weighted by Crippen LogP contribution is 2.16. The van der Waals surface area contributed by atoms with Crippen molar-refractivity contribution in [3.8, 4) is 0 Å². The van der Waals surface area contributed by atoms with Crippen LogP contribution in [-0.4, -0.2) is 31.0 Å². The topological polar surface area (TPSA) is 38.3 Å². The number of hydrogen-bond acceptors (Lipinski definition) is 2. The first-order valence-electron chi connectivity index (χ1n) is 6.16. The van der Waals surface area contributed by atoms with Crippen LogP contribution in [0.2, 0.25) is 0 Å². The van der Waals surface area contributed by atoms with Crippen LogP contribution in [-0.2, 0) is 9.53 Å². The SMILES string of the molecule is CC(CCl)CNC(=O)CCC1CCCCO1. The maximum Gasteiger partial charge on any atom is 0.220 e. The number of carbonyl (C=O) groups is 1. The number of halogens is 1. The molecule has 1 saturated heterocycles. The highest BCUT2D eigenvalue weighted by Gasteiger charge is 2.15. The standard InChI is InChI=1S/C12H22ClNO2/c1-10(8-13)9-14-12(15)6-5-11-4-2-3-7-16-11/h10-11H,2-9H2,1H3,(H,14,15). The Hall–Kier alpha value is -0.280. The van der Waals surface area contributed by atoms with Gasteiger partial charge in [-0.15, -0.1) is 11.6 Å². The Morgan fingerprint density at radius 2 is 2.38 bits per heavy atom. The van der Waals surface area contributed by atoms with Gasteiger partial charge in [-0.3, -0.25) is 4.79 Å². The van der Waals surface area contributed by atoms with E-state index in [9.17, 15) is 4.79 Å². The van der Waals surface area contributed by atoms with E-state index >= 15 is 0 Å². The van der Waals surface area contributed by atoms with Gasteiger partial charge in [-0.1, -0.05) is 6.92 Å². The summed E-state index contributed by atoms with van der Waals surface area (Å²) in [6.07, 6.45) is 5.21. The van der Waals surface area contributed by atoms with Crippen molar-refractivity contribution in [1.29, 1.82) is 0 Å². The molecule has 0 aliphatic carbocycles. The van der Waals surface area contributed by atoms with Crippen LogP contribution in [0.15, 0.2) is 0 Å². The van der Waals surface area contributed by atoms with E-state index in [4.69, 9.17) is 16.3 Å². The van der Waals surface area contributed by atoms with Gasteiger partial charge >= 0.3 is 0 Å².